The maximum absolute atomic E-state index is 15.5. The second kappa shape index (κ2) is 13.3. The lowest BCUT2D eigenvalue weighted by Crippen LogP contribution is -2.30. The highest BCUT2D eigenvalue weighted by atomic mass is 32.2. The van der Waals surface area contributed by atoms with Crippen LogP contribution in [0.1, 0.15) is 49.4 Å². The predicted molar refractivity (Wildman–Crippen MR) is 172 cm³/mol. The summed E-state index contributed by atoms with van der Waals surface area (Å²) < 4.78 is 58.4. The quantitative estimate of drug-likeness (QED) is 0.197. The van der Waals surface area contributed by atoms with Crippen molar-refractivity contribution in [2.75, 3.05) is 19.0 Å². The molecule has 0 spiro atoms. The van der Waals surface area contributed by atoms with Crippen LogP contribution in [0.4, 0.5) is 8.78 Å². The number of ether oxygens (including phenoxy) is 2. The van der Waals surface area contributed by atoms with E-state index in [1.807, 2.05) is 38.1 Å². The zero-order valence-corrected chi connectivity index (χ0v) is 26.4. The molecule has 6 rings (SSSR count). The predicted octanol–water partition coefficient (Wildman–Crippen LogP) is 7.40. The van der Waals surface area contributed by atoms with Gasteiger partial charge in [-0.05, 0) is 65.5 Å². The molecule has 0 saturated heterocycles. The van der Waals surface area contributed by atoms with Crippen LogP contribution < -0.4 is 4.74 Å². The molecule has 1 aliphatic rings. The van der Waals surface area contributed by atoms with Crippen LogP contribution in [0.2, 0.25) is 0 Å². The number of benzene rings is 3. The van der Waals surface area contributed by atoms with E-state index in [0.29, 0.717) is 54.0 Å². The molecule has 3 aromatic carbocycles. The lowest BCUT2D eigenvalue weighted by atomic mass is 9.98. The smallest absolute Gasteiger partial charge is 0.303 e. The van der Waals surface area contributed by atoms with Crippen molar-refractivity contribution < 1.29 is 32.7 Å². The maximum atomic E-state index is 15.5. The average molecular weight is 648 g/mol. The summed E-state index contributed by atoms with van der Waals surface area (Å²) in [6.45, 7) is 4.68. The van der Waals surface area contributed by atoms with E-state index in [0.717, 1.165) is 11.1 Å². The highest BCUT2D eigenvalue weighted by Crippen LogP contribution is 2.38. The van der Waals surface area contributed by atoms with Crippen molar-refractivity contribution in [3.63, 3.8) is 0 Å². The van der Waals surface area contributed by atoms with E-state index >= 15 is 8.78 Å². The van der Waals surface area contributed by atoms with Crippen molar-refractivity contribution >= 4 is 28.0 Å². The van der Waals surface area contributed by atoms with Gasteiger partial charge in [0.2, 0.25) is 0 Å². The summed E-state index contributed by atoms with van der Waals surface area (Å²) in [6.07, 6.45) is 4.41. The van der Waals surface area contributed by atoms with E-state index in [1.54, 1.807) is 29.2 Å². The fourth-order valence-electron chi connectivity index (χ4n) is 5.91. The number of carboxylic acid groups (broad SMARTS) is 1. The van der Waals surface area contributed by atoms with Gasteiger partial charge < -0.3 is 24.1 Å². The second-order valence-corrected chi connectivity index (χ2v) is 13.9. The number of nitrogens with one attached hydrogen (secondary N) is 1. The Labute approximate surface area is 268 Å². The topological polar surface area (TPSA) is 112 Å². The Bertz CT molecular complexity index is 1870. The van der Waals surface area contributed by atoms with Gasteiger partial charge in [-0.2, -0.15) is 5.10 Å². The number of nitrogens with zero attached hydrogens (tertiary/aromatic N) is 2. The van der Waals surface area contributed by atoms with Crippen LogP contribution in [0.5, 0.6) is 11.5 Å². The summed E-state index contributed by atoms with van der Waals surface area (Å²) in [4.78, 5) is 14.2. The molecule has 3 heterocycles. The first kappa shape index (κ1) is 31.8. The lowest BCUT2D eigenvalue weighted by Gasteiger charge is -2.27. The molecule has 2 N–H and O–H groups in total. The summed E-state index contributed by atoms with van der Waals surface area (Å²) in [5.41, 5.74) is 2.93. The molecule has 0 radical (unpaired) electrons. The van der Waals surface area contributed by atoms with Crippen molar-refractivity contribution in [1.29, 1.82) is 0 Å². The molecule has 0 amide bonds. The summed E-state index contributed by atoms with van der Waals surface area (Å²) in [6, 6.07) is 16.4. The first-order valence-electron chi connectivity index (χ1n) is 15.1. The molecule has 4 bridgehead atoms. The van der Waals surface area contributed by atoms with Gasteiger partial charge in [-0.1, -0.05) is 38.1 Å². The molecule has 1 aliphatic heterocycles. The number of rotatable bonds is 4. The molecule has 5 aromatic rings. The summed E-state index contributed by atoms with van der Waals surface area (Å²) >= 11 is -1.39. The maximum Gasteiger partial charge on any atom is 0.303 e. The van der Waals surface area contributed by atoms with Crippen molar-refractivity contribution in [3.8, 4) is 22.8 Å². The summed E-state index contributed by atoms with van der Waals surface area (Å²) in [5, 5.41) is 14.6. The highest BCUT2D eigenvalue weighted by molar-refractivity contribution is 7.90. The van der Waals surface area contributed by atoms with Crippen molar-refractivity contribution in [2.24, 2.45) is 5.41 Å². The van der Waals surface area contributed by atoms with Crippen molar-refractivity contribution in [1.82, 2.24) is 14.8 Å². The van der Waals surface area contributed by atoms with E-state index in [4.69, 9.17) is 14.6 Å². The normalized spacial score (nSPS) is 18.7. The molecule has 46 heavy (non-hydrogen) atoms. The minimum atomic E-state index is -1.39. The third kappa shape index (κ3) is 7.11. The van der Waals surface area contributed by atoms with Gasteiger partial charge >= 0.3 is 5.97 Å². The monoisotopic (exact) mass is 647 g/mol. The van der Waals surface area contributed by atoms with Gasteiger partial charge in [0.15, 0.2) is 11.6 Å². The largest absolute Gasteiger partial charge is 0.616 e. The van der Waals surface area contributed by atoms with E-state index in [9.17, 15) is 14.5 Å². The van der Waals surface area contributed by atoms with E-state index in [1.165, 1.54) is 24.3 Å². The number of aromatic nitrogens is 3. The molecule has 11 heteroatoms. The first-order valence-corrected chi connectivity index (χ1v) is 16.6. The van der Waals surface area contributed by atoms with Crippen molar-refractivity contribution in [2.45, 2.75) is 44.9 Å². The van der Waals surface area contributed by atoms with Crippen LogP contribution in [-0.4, -0.2) is 49.4 Å². The highest BCUT2D eigenvalue weighted by Gasteiger charge is 2.29. The number of aliphatic carboxylic acids is 1. The Balaban J connectivity index is 1.42. The Morgan fingerprint density at radius 1 is 1.15 bits per heavy atom. The second-order valence-electron chi connectivity index (χ2n) is 12.4. The number of halogens is 2. The molecule has 8 nitrogen and oxygen atoms in total. The van der Waals surface area contributed by atoms with Crippen LogP contribution >= 0.6 is 0 Å². The Morgan fingerprint density at radius 2 is 2.00 bits per heavy atom. The van der Waals surface area contributed by atoms with Crippen LogP contribution in [0.25, 0.3) is 22.2 Å². The van der Waals surface area contributed by atoms with Gasteiger partial charge in [0.1, 0.15) is 23.1 Å². The summed E-state index contributed by atoms with van der Waals surface area (Å²) in [5.74, 6) is -1.48. The molecule has 0 aliphatic carbocycles. The Kier molecular flexibility index (Phi) is 9.17. The van der Waals surface area contributed by atoms with E-state index in [-0.39, 0.29) is 35.3 Å². The van der Waals surface area contributed by atoms with Gasteiger partial charge in [-0.15, -0.1) is 0 Å². The molecule has 2 aromatic heterocycles. The zero-order chi connectivity index (χ0) is 32.4. The van der Waals surface area contributed by atoms with Gasteiger partial charge in [0.05, 0.1) is 23.9 Å². The Morgan fingerprint density at radius 3 is 2.83 bits per heavy atom. The SMILES string of the molecule is CC1(C)COCCC(c2cccc(CCC(=O)O)c2)n2ccc(n2)-c2cc(ccc2F)Oc2c(F)cc3[nH]ccc3c2C[S+]([O-])C1. The van der Waals surface area contributed by atoms with Crippen molar-refractivity contribution in [3.05, 3.63) is 101 Å². The molecule has 0 fully saturated rings. The molecular formula is C35H35F2N3O5S. The third-order valence-electron chi connectivity index (χ3n) is 8.08. The van der Waals surface area contributed by atoms with E-state index < -0.39 is 34.2 Å². The van der Waals surface area contributed by atoms with Gasteiger partial charge in [0, 0.05) is 53.4 Å². The average Bonchev–Trinajstić information content (AvgIpc) is 3.68. The van der Waals surface area contributed by atoms with Crippen LogP contribution in [0.15, 0.2) is 73.1 Å². The van der Waals surface area contributed by atoms with Gasteiger partial charge in [0.25, 0.3) is 0 Å². The van der Waals surface area contributed by atoms with Crippen LogP contribution in [0.3, 0.4) is 0 Å². The number of carbonyl (C=O) groups is 1. The summed E-state index contributed by atoms with van der Waals surface area (Å²) in [7, 11) is 0. The number of aryl methyl sites for hydroxylation is 1. The van der Waals surface area contributed by atoms with Crippen LogP contribution in [-0.2, 0) is 32.9 Å². The fraction of sp³-hybridized carbons (Fsp3) is 0.314. The fourth-order valence-corrected chi connectivity index (χ4v) is 7.57. The van der Waals surface area contributed by atoms with Crippen LogP contribution in [0, 0.1) is 17.0 Å². The number of hydrogen-bond acceptors (Lipinski definition) is 5. The molecular weight excluding hydrogens is 612 g/mol. The first-order chi connectivity index (χ1) is 22.1. The molecule has 2 unspecified atom stereocenters. The standard InChI is InChI=1S/C35H35F2N3O5S/c1-35(2)20-44-15-12-32(23-5-3-4-22(16-23)6-9-33(41)42)40-14-11-30(39-40)26-17-24(7-8-28(26)36)45-34-27(19-46(43)21-35)25-10-13-38-31(25)18-29(34)37/h3-5,7-8,10-11,13-14,16-18,32,38H,6,9,12,15,19-21H2,1-2H3,(H,41,42). The molecule has 240 valence electrons. The van der Waals surface area contributed by atoms with Gasteiger partial charge in [-0.3, -0.25) is 9.48 Å². The van der Waals surface area contributed by atoms with E-state index in [2.05, 4.69) is 4.98 Å². The van der Waals surface area contributed by atoms with Gasteiger partial charge in [-0.25, -0.2) is 8.78 Å². The third-order valence-corrected chi connectivity index (χ3v) is 9.79. The lowest BCUT2D eigenvalue weighted by molar-refractivity contribution is -0.136. The number of hydrogen-bond donors (Lipinski definition) is 2. The molecule has 0 saturated carbocycles. The molecule has 2 atom stereocenters. The minimum Gasteiger partial charge on any atom is -0.616 e. The number of carboxylic acids is 1. The number of aromatic amines is 1. The zero-order valence-electron chi connectivity index (χ0n) is 25.6. The number of fused-ring (bicyclic) bond motifs is 8. The number of H-pyrrole nitrogens is 1. The Hall–Kier alpha value is -4.19. The minimum absolute atomic E-state index is 0.0156.